The van der Waals surface area contributed by atoms with Crippen molar-refractivity contribution >= 4 is 11.8 Å². The Kier molecular flexibility index (Phi) is 1.48. The van der Waals surface area contributed by atoms with E-state index < -0.39 is 0 Å². The molecule has 4 heteroatoms. The van der Waals surface area contributed by atoms with E-state index in [9.17, 15) is 9.59 Å². The maximum Gasteiger partial charge on any atom is 0.234 e. The van der Waals surface area contributed by atoms with Gasteiger partial charge in [0.05, 0.1) is 5.41 Å². The number of nitrogens with zero attached hydrogens (tertiary/aromatic N) is 1. The maximum absolute atomic E-state index is 11.4. The van der Waals surface area contributed by atoms with Crippen LogP contribution in [-0.2, 0) is 9.59 Å². The van der Waals surface area contributed by atoms with Gasteiger partial charge in [-0.15, -0.1) is 0 Å². The molecule has 2 aliphatic rings. The van der Waals surface area contributed by atoms with Gasteiger partial charge >= 0.3 is 0 Å². The second kappa shape index (κ2) is 2.29. The van der Waals surface area contributed by atoms with Crippen molar-refractivity contribution < 1.29 is 9.59 Å². The molecule has 2 fully saturated rings. The van der Waals surface area contributed by atoms with E-state index in [4.69, 9.17) is 0 Å². The molecule has 0 aromatic carbocycles. The molecule has 2 amide bonds. The van der Waals surface area contributed by atoms with Crippen molar-refractivity contribution in [3.8, 4) is 0 Å². The van der Waals surface area contributed by atoms with Crippen molar-refractivity contribution in [1.29, 1.82) is 0 Å². The summed E-state index contributed by atoms with van der Waals surface area (Å²) in [5, 5.41) is 2.37. The monoisotopic (exact) mass is 168 g/mol. The summed E-state index contributed by atoms with van der Waals surface area (Å²) in [7, 11) is 1.98. The zero-order valence-electron chi connectivity index (χ0n) is 7.09. The van der Waals surface area contributed by atoms with E-state index in [1.54, 1.807) is 0 Å². The standard InChI is InChI=1S/C8H12N2O2/c1-10-3-2-8(5-10)4-6(11)9-7(8)12/h2-5H2,1H3,(H,9,11,12)/t8-/m0/s1. The third-order valence-corrected chi connectivity index (χ3v) is 2.78. The van der Waals surface area contributed by atoms with E-state index >= 15 is 0 Å². The van der Waals surface area contributed by atoms with Gasteiger partial charge in [-0.3, -0.25) is 14.9 Å². The molecule has 0 unspecified atom stereocenters. The van der Waals surface area contributed by atoms with E-state index in [1.807, 2.05) is 7.05 Å². The molecule has 1 atom stereocenters. The molecule has 2 saturated heterocycles. The third kappa shape index (κ3) is 0.948. The van der Waals surface area contributed by atoms with Crippen LogP contribution in [0, 0.1) is 5.41 Å². The highest BCUT2D eigenvalue weighted by Gasteiger charge is 2.49. The van der Waals surface area contributed by atoms with E-state index in [-0.39, 0.29) is 17.2 Å². The number of nitrogens with one attached hydrogen (secondary N) is 1. The van der Waals surface area contributed by atoms with Crippen LogP contribution in [0.1, 0.15) is 12.8 Å². The summed E-state index contributed by atoms with van der Waals surface area (Å²) in [5.41, 5.74) is -0.383. The average Bonchev–Trinajstić information content (AvgIpc) is 2.43. The van der Waals surface area contributed by atoms with Crippen LogP contribution in [0.5, 0.6) is 0 Å². The van der Waals surface area contributed by atoms with E-state index in [2.05, 4.69) is 10.2 Å². The lowest BCUT2D eigenvalue weighted by Gasteiger charge is -2.17. The maximum atomic E-state index is 11.4. The summed E-state index contributed by atoms with van der Waals surface area (Å²) in [6.07, 6.45) is 1.21. The van der Waals surface area contributed by atoms with Crippen LogP contribution in [0.4, 0.5) is 0 Å². The Balaban J connectivity index is 2.22. The molecular formula is C8H12N2O2. The number of rotatable bonds is 0. The van der Waals surface area contributed by atoms with Crippen LogP contribution >= 0.6 is 0 Å². The average molecular weight is 168 g/mol. The minimum absolute atomic E-state index is 0.0724. The van der Waals surface area contributed by atoms with Crippen LogP contribution in [0.3, 0.4) is 0 Å². The smallest absolute Gasteiger partial charge is 0.234 e. The summed E-state index contributed by atoms with van der Waals surface area (Å²) < 4.78 is 0. The molecule has 66 valence electrons. The number of imide groups is 1. The van der Waals surface area contributed by atoms with Crippen molar-refractivity contribution in [2.45, 2.75) is 12.8 Å². The predicted molar refractivity (Wildman–Crippen MR) is 42.3 cm³/mol. The normalized spacial score (nSPS) is 36.4. The molecule has 0 aromatic heterocycles. The molecule has 2 rings (SSSR count). The minimum atomic E-state index is -0.383. The number of likely N-dealkylation sites (tertiary alicyclic amines) is 1. The fourth-order valence-electron chi connectivity index (χ4n) is 2.10. The SMILES string of the molecule is CN1CC[C@]2(CC(=O)NC2=O)C1. The Labute approximate surface area is 70.9 Å². The lowest BCUT2D eigenvalue weighted by atomic mass is 9.85. The largest absolute Gasteiger partial charge is 0.305 e. The Morgan fingerprint density at radius 1 is 1.50 bits per heavy atom. The highest BCUT2D eigenvalue weighted by molar-refractivity contribution is 6.06. The quantitative estimate of drug-likeness (QED) is 0.489. The molecular weight excluding hydrogens is 156 g/mol. The first-order chi connectivity index (χ1) is 5.62. The van der Waals surface area contributed by atoms with Crippen LogP contribution in [0.15, 0.2) is 0 Å². The molecule has 1 spiro atoms. The highest BCUT2D eigenvalue weighted by Crippen LogP contribution is 2.36. The van der Waals surface area contributed by atoms with Crippen LogP contribution in [0.25, 0.3) is 0 Å². The molecule has 4 nitrogen and oxygen atoms in total. The number of amides is 2. The molecule has 12 heavy (non-hydrogen) atoms. The van der Waals surface area contributed by atoms with Gasteiger partial charge in [-0.1, -0.05) is 0 Å². The molecule has 2 aliphatic heterocycles. The van der Waals surface area contributed by atoms with Gasteiger partial charge in [0.1, 0.15) is 0 Å². The second-order valence-electron chi connectivity index (χ2n) is 3.82. The van der Waals surface area contributed by atoms with Gasteiger partial charge in [0.25, 0.3) is 0 Å². The zero-order chi connectivity index (χ0) is 8.77. The topological polar surface area (TPSA) is 49.4 Å². The Morgan fingerprint density at radius 3 is 2.67 bits per heavy atom. The summed E-state index contributed by atoms with van der Waals surface area (Å²) in [5.74, 6) is -0.188. The second-order valence-corrected chi connectivity index (χ2v) is 3.82. The van der Waals surface area contributed by atoms with Crippen molar-refractivity contribution in [3.05, 3.63) is 0 Å². The number of carbonyl (C=O) groups excluding carboxylic acids is 2. The Morgan fingerprint density at radius 2 is 2.25 bits per heavy atom. The molecule has 0 bridgehead atoms. The summed E-state index contributed by atoms with van der Waals surface area (Å²) in [4.78, 5) is 24.5. The predicted octanol–water partition coefficient (Wildman–Crippen LogP) is -0.645. The summed E-state index contributed by atoms with van der Waals surface area (Å²) in [6.45, 7) is 1.64. The van der Waals surface area contributed by atoms with Crippen molar-refractivity contribution in [2.75, 3.05) is 20.1 Å². The molecule has 0 aliphatic carbocycles. The number of carbonyl (C=O) groups is 2. The Hall–Kier alpha value is -0.900. The molecule has 0 saturated carbocycles. The first-order valence-corrected chi connectivity index (χ1v) is 4.15. The summed E-state index contributed by atoms with van der Waals surface area (Å²) >= 11 is 0. The molecule has 0 radical (unpaired) electrons. The summed E-state index contributed by atoms with van der Waals surface area (Å²) in [6, 6.07) is 0. The van der Waals surface area contributed by atoms with Crippen molar-refractivity contribution in [3.63, 3.8) is 0 Å². The molecule has 2 heterocycles. The third-order valence-electron chi connectivity index (χ3n) is 2.78. The number of hydrogen-bond acceptors (Lipinski definition) is 3. The first kappa shape index (κ1) is 7.73. The van der Waals surface area contributed by atoms with Gasteiger partial charge in [0.15, 0.2) is 0 Å². The first-order valence-electron chi connectivity index (χ1n) is 4.15. The lowest BCUT2D eigenvalue weighted by molar-refractivity contribution is -0.128. The van der Waals surface area contributed by atoms with Gasteiger partial charge in [0.2, 0.25) is 11.8 Å². The van der Waals surface area contributed by atoms with Gasteiger partial charge in [0, 0.05) is 13.0 Å². The fraction of sp³-hybridized carbons (Fsp3) is 0.750. The van der Waals surface area contributed by atoms with E-state index in [0.717, 1.165) is 19.5 Å². The van der Waals surface area contributed by atoms with Crippen molar-refractivity contribution in [1.82, 2.24) is 10.2 Å². The van der Waals surface area contributed by atoms with Gasteiger partial charge < -0.3 is 4.90 Å². The van der Waals surface area contributed by atoms with Gasteiger partial charge in [-0.25, -0.2) is 0 Å². The highest BCUT2D eigenvalue weighted by atomic mass is 16.2. The fourth-order valence-corrected chi connectivity index (χ4v) is 2.10. The molecule has 1 N–H and O–H groups in total. The number of hydrogen-bond donors (Lipinski definition) is 1. The van der Waals surface area contributed by atoms with Crippen LogP contribution < -0.4 is 5.32 Å². The van der Waals surface area contributed by atoms with E-state index in [1.165, 1.54) is 0 Å². The van der Waals surface area contributed by atoms with E-state index in [0.29, 0.717) is 6.42 Å². The molecule has 0 aromatic rings. The van der Waals surface area contributed by atoms with Crippen LogP contribution in [0.2, 0.25) is 0 Å². The van der Waals surface area contributed by atoms with Crippen molar-refractivity contribution in [2.24, 2.45) is 5.41 Å². The Bertz CT molecular complexity index is 251. The van der Waals surface area contributed by atoms with Gasteiger partial charge in [-0.05, 0) is 20.0 Å². The minimum Gasteiger partial charge on any atom is -0.305 e. The van der Waals surface area contributed by atoms with Crippen LogP contribution in [-0.4, -0.2) is 36.9 Å². The zero-order valence-corrected chi connectivity index (χ0v) is 7.09. The van der Waals surface area contributed by atoms with Gasteiger partial charge in [-0.2, -0.15) is 0 Å². The lowest BCUT2D eigenvalue weighted by Crippen LogP contribution is -2.33.